The lowest BCUT2D eigenvalue weighted by atomic mass is 10.3. The second-order valence-electron chi connectivity index (χ2n) is 2.88. The molecule has 0 aliphatic rings. The third-order valence-electron chi connectivity index (χ3n) is 1.66. The Hall–Kier alpha value is -1.24. The van der Waals surface area contributed by atoms with Crippen molar-refractivity contribution >= 4 is 52.1 Å². The third kappa shape index (κ3) is 4.26. The molecule has 6 nitrogen and oxygen atoms in total. The summed E-state index contributed by atoms with van der Waals surface area (Å²) < 4.78 is -2.08. The maximum atomic E-state index is 11.1. The average Bonchev–Trinajstić information content (AvgIpc) is 2.25. The van der Waals surface area contributed by atoms with Crippen LogP contribution in [-0.2, 0) is 4.79 Å². The first-order valence-electron chi connectivity index (χ1n) is 4.18. The fourth-order valence-electron chi connectivity index (χ4n) is 0.866. The molecule has 0 saturated carbocycles. The predicted molar refractivity (Wildman–Crippen MR) is 65.2 cm³/mol. The summed E-state index contributed by atoms with van der Waals surface area (Å²) in [6.07, 6.45) is 0. The fraction of sp³-hybridized carbons (Fsp3) is 0.125. The van der Waals surface area contributed by atoms with Crippen molar-refractivity contribution in [1.29, 1.82) is 0 Å². The Balaban J connectivity index is 2.59. The van der Waals surface area contributed by atoms with Gasteiger partial charge in [-0.25, -0.2) is 0 Å². The van der Waals surface area contributed by atoms with E-state index in [9.17, 15) is 14.9 Å². The van der Waals surface area contributed by atoms with Gasteiger partial charge in [0.25, 0.3) is 15.4 Å². The molecule has 0 fully saturated rings. The number of rotatable bonds is 3. The topological polar surface area (TPSA) is 84.3 Å². The normalized spacial score (nSPS) is 10.8. The van der Waals surface area contributed by atoms with E-state index in [2.05, 4.69) is 10.9 Å². The van der Waals surface area contributed by atoms with Gasteiger partial charge in [0, 0.05) is 12.1 Å². The van der Waals surface area contributed by atoms with Gasteiger partial charge in [0.2, 0.25) is 0 Å². The Bertz CT molecular complexity index is 430. The molecule has 17 heavy (non-hydrogen) atoms. The van der Waals surface area contributed by atoms with Gasteiger partial charge in [-0.15, -0.1) is 0 Å². The Morgan fingerprint density at radius 3 is 2.18 bits per heavy atom. The minimum Gasteiger partial charge on any atom is -0.298 e. The van der Waals surface area contributed by atoms with Gasteiger partial charge >= 0.3 is 0 Å². The number of non-ortho nitro benzene ring substituents is 1. The zero-order valence-electron chi connectivity index (χ0n) is 8.12. The molecule has 0 radical (unpaired) electrons. The molecule has 1 aromatic rings. The van der Waals surface area contributed by atoms with Crippen molar-refractivity contribution < 1.29 is 9.72 Å². The molecular weight excluding hydrogens is 292 g/mol. The van der Waals surface area contributed by atoms with Crippen LogP contribution in [0.3, 0.4) is 0 Å². The highest BCUT2D eigenvalue weighted by Gasteiger charge is 2.30. The van der Waals surface area contributed by atoms with Crippen molar-refractivity contribution in [2.45, 2.75) is 3.79 Å². The molecule has 1 rings (SSSR count). The van der Waals surface area contributed by atoms with Crippen LogP contribution in [0.5, 0.6) is 0 Å². The van der Waals surface area contributed by atoms with Crippen LogP contribution < -0.4 is 10.9 Å². The number of nitrogens with zero attached hydrogens (tertiary/aromatic N) is 1. The largest absolute Gasteiger partial charge is 0.298 e. The van der Waals surface area contributed by atoms with Gasteiger partial charge in [0.1, 0.15) is 0 Å². The van der Waals surface area contributed by atoms with Crippen molar-refractivity contribution in [2.24, 2.45) is 0 Å². The van der Waals surface area contributed by atoms with E-state index < -0.39 is 14.6 Å². The van der Waals surface area contributed by atoms with Crippen LogP contribution in [0.25, 0.3) is 0 Å². The summed E-state index contributed by atoms with van der Waals surface area (Å²) >= 11 is 15.9. The second kappa shape index (κ2) is 5.39. The van der Waals surface area contributed by atoms with Gasteiger partial charge < -0.3 is 0 Å². The standard InChI is InChI=1S/C8H6Cl3N3O3/c9-8(10,11)7(15)13-12-5-1-3-6(4-2-5)14(16)17/h1-4,12H,(H,13,15). The van der Waals surface area contributed by atoms with E-state index in [-0.39, 0.29) is 5.69 Å². The number of nitrogens with one attached hydrogen (secondary N) is 2. The highest BCUT2D eigenvalue weighted by molar-refractivity contribution is 6.76. The van der Waals surface area contributed by atoms with Gasteiger partial charge in [-0.05, 0) is 12.1 Å². The fourth-order valence-corrected chi connectivity index (χ4v) is 1.01. The van der Waals surface area contributed by atoms with E-state index in [1.807, 2.05) is 0 Å². The molecule has 9 heteroatoms. The van der Waals surface area contributed by atoms with Crippen molar-refractivity contribution in [2.75, 3.05) is 5.43 Å². The number of halogens is 3. The lowest BCUT2D eigenvalue weighted by Crippen LogP contribution is -2.38. The van der Waals surface area contributed by atoms with Crippen LogP contribution in [0.1, 0.15) is 0 Å². The predicted octanol–water partition coefficient (Wildman–Crippen LogP) is 2.41. The van der Waals surface area contributed by atoms with E-state index in [1.54, 1.807) is 0 Å². The zero-order valence-corrected chi connectivity index (χ0v) is 10.4. The van der Waals surface area contributed by atoms with E-state index in [1.165, 1.54) is 24.3 Å². The Morgan fingerprint density at radius 2 is 1.76 bits per heavy atom. The minimum atomic E-state index is -2.08. The van der Waals surface area contributed by atoms with Gasteiger partial charge in [0.05, 0.1) is 10.6 Å². The van der Waals surface area contributed by atoms with Crippen LogP contribution in [-0.4, -0.2) is 14.6 Å². The van der Waals surface area contributed by atoms with Crippen LogP contribution in [0.2, 0.25) is 0 Å². The lowest BCUT2D eigenvalue weighted by Gasteiger charge is -2.12. The van der Waals surface area contributed by atoms with Gasteiger partial charge in [-0.3, -0.25) is 25.8 Å². The Labute approximate surface area is 111 Å². The Kier molecular flexibility index (Phi) is 4.39. The lowest BCUT2D eigenvalue weighted by molar-refractivity contribution is -0.384. The summed E-state index contributed by atoms with van der Waals surface area (Å²) in [5, 5.41) is 10.4. The number of amides is 1. The zero-order chi connectivity index (χ0) is 13.1. The number of benzene rings is 1. The number of nitro groups is 1. The molecule has 0 bridgehead atoms. The number of carbonyl (C=O) groups is 1. The summed E-state index contributed by atoms with van der Waals surface area (Å²) in [7, 11) is 0. The van der Waals surface area contributed by atoms with Gasteiger partial charge in [-0.1, -0.05) is 34.8 Å². The van der Waals surface area contributed by atoms with Crippen molar-refractivity contribution in [3.8, 4) is 0 Å². The molecule has 2 N–H and O–H groups in total. The third-order valence-corrected chi connectivity index (χ3v) is 2.17. The number of alkyl halides is 3. The van der Waals surface area contributed by atoms with Gasteiger partial charge in [-0.2, -0.15) is 0 Å². The monoisotopic (exact) mass is 297 g/mol. The van der Waals surface area contributed by atoms with Crippen molar-refractivity contribution in [3.05, 3.63) is 34.4 Å². The molecule has 0 unspecified atom stereocenters. The summed E-state index contributed by atoms with van der Waals surface area (Å²) in [5.41, 5.74) is 4.92. The maximum Gasteiger partial charge on any atom is 0.290 e. The highest BCUT2D eigenvalue weighted by Crippen LogP contribution is 2.25. The maximum absolute atomic E-state index is 11.1. The average molecular weight is 299 g/mol. The summed E-state index contributed by atoms with van der Waals surface area (Å²) in [5.74, 6) is -0.860. The first-order chi connectivity index (χ1) is 7.80. The molecule has 1 aromatic carbocycles. The van der Waals surface area contributed by atoms with E-state index in [4.69, 9.17) is 34.8 Å². The van der Waals surface area contributed by atoms with Crippen molar-refractivity contribution in [1.82, 2.24) is 5.43 Å². The quantitative estimate of drug-likeness (QED) is 0.510. The smallest absolute Gasteiger partial charge is 0.290 e. The molecule has 0 saturated heterocycles. The number of hydrogen-bond acceptors (Lipinski definition) is 4. The molecule has 1 amide bonds. The van der Waals surface area contributed by atoms with Crippen LogP contribution in [0, 0.1) is 10.1 Å². The minimum absolute atomic E-state index is 0.0664. The first-order valence-corrected chi connectivity index (χ1v) is 5.32. The molecule has 0 atom stereocenters. The summed E-state index contributed by atoms with van der Waals surface area (Å²) in [6, 6.07) is 5.33. The number of hydrazine groups is 1. The number of hydrogen-bond donors (Lipinski definition) is 2. The molecular formula is C8H6Cl3N3O3. The van der Waals surface area contributed by atoms with Gasteiger partial charge in [0.15, 0.2) is 0 Å². The first kappa shape index (κ1) is 13.8. The summed E-state index contributed by atoms with van der Waals surface area (Å²) in [6.45, 7) is 0. The molecule has 0 aliphatic carbocycles. The van der Waals surface area contributed by atoms with Crippen molar-refractivity contribution in [3.63, 3.8) is 0 Å². The highest BCUT2D eigenvalue weighted by atomic mass is 35.6. The van der Waals surface area contributed by atoms with Crippen LogP contribution in [0.15, 0.2) is 24.3 Å². The Morgan fingerprint density at radius 1 is 1.24 bits per heavy atom. The SMILES string of the molecule is O=C(NNc1ccc([N+](=O)[O-])cc1)C(Cl)(Cl)Cl. The number of nitro benzene ring substituents is 1. The van der Waals surface area contributed by atoms with E-state index in [0.29, 0.717) is 5.69 Å². The number of carbonyl (C=O) groups excluding carboxylic acids is 1. The van der Waals surface area contributed by atoms with Crippen LogP contribution >= 0.6 is 34.8 Å². The molecule has 0 aliphatic heterocycles. The molecule has 0 spiro atoms. The van der Waals surface area contributed by atoms with Crippen LogP contribution in [0.4, 0.5) is 11.4 Å². The second-order valence-corrected chi connectivity index (χ2v) is 5.16. The van der Waals surface area contributed by atoms with E-state index in [0.717, 1.165) is 0 Å². The summed E-state index contributed by atoms with van der Waals surface area (Å²) in [4.78, 5) is 21.0. The number of anilines is 1. The van der Waals surface area contributed by atoms with E-state index >= 15 is 0 Å². The molecule has 0 aromatic heterocycles. The molecule has 0 heterocycles. The molecule has 92 valence electrons.